The van der Waals surface area contributed by atoms with Crippen LogP contribution in [0.5, 0.6) is 0 Å². The zero-order valence-electron chi connectivity index (χ0n) is 23.2. The van der Waals surface area contributed by atoms with E-state index in [2.05, 4.69) is 58.7 Å². The van der Waals surface area contributed by atoms with Crippen molar-refractivity contribution in [3.05, 3.63) is 59.7 Å². The van der Waals surface area contributed by atoms with Gasteiger partial charge in [-0.1, -0.05) is 83.9 Å². The number of hydrogen-bond acceptors (Lipinski definition) is 6. The standard InChI is InChI=1S/2C7H8O3S.2C6H15N/c2*1-6-2-4-7(5-3-6)11(8,9)10;1-5(2)7-6(3)4;1-4-7(5-2)6-3/h2*2-5H,1H3,(H,8,9,10);5-7H,1-4H3;4-6H2,1-3H3. The molecule has 0 aliphatic heterocycles. The Balaban J connectivity index is 0. The maximum atomic E-state index is 10.5. The summed E-state index contributed by atoms with van der Waals surface area (Å²) >= 11 is 0. The minimum Gasteiger partial charge on any atom is -0.312 e. The van der Waals surface area contributed by atoms with Crippen LogP contribution in [-0.2, 0) is 20.2 Å². The number of nitrogens with one attached hydrogen (secondary N) is 1. The molecule has 0 heterocycles. The highest BCUT2D eigenvalue weighted by atomic mass is 32.2. The highest BCUT2D eigenvalue weighted by molar-refractivity contribution is 7.86. The lowest BCUT2D eigenvalue weighted by molar-refractivity contribution is 0.321. The zero-order chi connectivity index (χ0) is 28.5. The number of rotatable bonds is 7. The molecule has 0 fully saturated rings. The fourth-order valence-electron chi connectivity index (χ4n) is 2.76. The molecule has 0 bridgehead atoms. The molecule has 36 heavy (non-hydrogen) atoms. The van der Waals surface area contributed by atoms with Crippen LogP contribution in [0.2, 0.25) is 0 Å². The minimum atomic E-state index is -4.02. The molecule has 8 nitrogen and oxygen atoms in total. The first-order valence-electron chi connectivity index (χ1n) is 12.0. The van der Waals surface area contributed by atoms with Gasteiger partial charge in [0.1, 0.15) is 0 Å². The van der Waals surface area contributed by atoms with E-state index in [1.165, 1.54) is 43.9 Å². The first kappa shape index (κ1) is 36.3. The third kappa shape index (κ3) is 19.4. The highest BCUT2D eigenvalue weighted by Crippen LogP contribution is 2.09. The van der Waals surface area contributed by atoms with Crippen LogP contribution in [0, 0.1) is 13.8 Å². The summed E-state index contributed by atoms with van der Waals surface area (Å²) in [5, 5.41) is 3.31. The molecule has 2 rings (SSSR count). The second kappa shape index (κ2) is 18.4. The fraction of sp³-hybridized carbons (Fsp3) is 0.538. The molecule has 3 N–H and O–H groups in total. The van der Waals surface area contributed by atoms with E-state index in [1.807, 2.05) is 13.8 Å². The maximum Gasteiger partial charge on any atom is 0.294 e. The average molecular weight is 547 g/mol. The second-order valence-electron chi connectivity index (χ2n) is 8.67. The van der Waals surface area contributed by atoms with Crippen molar-refractivity contribution >= 4 is 20.2 Å². The third-order valence-corrected chi connectivity index (χ3v) is 6.38. The van der Waals surface area contributed by atoms with Gasteiger partial charge in [-0.25, -0.2) is 0 Å². The van der Waals surface area contributed by atoms with Crippen LogP contribution in [0.15, 0.2) is 58.3 Å². The van der Waals surface area contributed by atoms with Gasteiger partial charge in [-0.15, -0.1) is 0 Å². The zero-order valence-corrected chi connectivity index (χ0v) is 24.8. The van der Waals surface area contributed by atoms with E-state index in [4.69, 9.17) is 9.11 Å². The first-order chi connectivity index (χ1) is 16.5. The molecule has 208 valence electrons. The average Bonchev–Trinajstić information content (AvgIpc) is 2.75. The largest absolute Gasteiger partial charge is 0.312 e. The van der Waals surface area contributed by atoms with Crippen molar-refractivity contribution in [2.45, 2.75) is 84.2 Å². The van der Waals surface area contributed by atoms with Crippen LogP contribution < -0.4 is 5.32 Å². The van der Waals surface area contributed by atoms with Gasteiger partial charge in [0, 0.05) is 12.1 Å². The van der Waals surface area contributed by atoms with Gasteiger partial charge in [-0.3, -0.25) is 9.11 Å². The molecule has 0 aliphatic rings. The van der Waals surface area contributed by atoms with E-state index in [0.29, 0.717) is 12.1 Å². The summed E-state index contributed by atoms with van der Waals surface area (Å²) in [7, 11) is -8.04. The van der Waals surface area contributed by atoms with Gasteiger partial charge < -0.3 is 10.2 Å². The molecule has 0 unspecified atom stereocenters. The monoisotopic (exact) mass is 546 g/mol. The van der Waals surface area contributed by atoms with Gasteiger partial charge in [0.2, 0.25) is 0 Å². The highest BCUT2D eigenvalue weighted by Gasteiger charge is 2.07. The Morgan fingerprint density at radius 3 is 1.00 bits per heavy atom. The summed E-state index contributed by atoms with van der Waals surface area (Å²) in [6, 6.07) is 13.2. The summed E-state index contributed by atoms with van der Waals surface area (Å²) in [6.45, 7) is 22.4. The van der Waals surface area contributed by atoms with Crippen LogP contribution >= 0.6 is 0 Å². The van der Waals surface area contributed by atoms with Crippen molar-refractivity contribution in [2.75, 3.05) is 19.6 Å². The Morgan fingerprint density at radius 1 is 0.639 bits per heavy atom. The fourth-order valence-corrected chi connectivity index (χ4v) is 3.72. The molecule has 0 saturated carbocycles. The maximum absolute atomic E-state index is 10.5. The van der Waals surface area contributed by atoms with Crippen molar-refractivity contribution in [2.24, 2.45) is 0 Å². The Hall–Kier alpha value is -1.82. The predicted octanol–water partition coefficient (Wildman–Crippen LogP) is 5.22. The lowest BCUT2D eigenvalue weighted by Gasteiger charge is -2.13. The van der Waals surface area contributed by atoms with E-state index in [1.54, 1.807) is 24.3 Å². The minimum absolute atomic E-state index is 0.0666. The predicted molar refractivity (Wildman–Crippen MR) is 149 cm³/mol. The molecule has 0 saturated heterocycles. The molecule has 0 aromatic heterocycles. The first-order valence-corrected chi connectivity index (χ1v) is 14.9. The van der Waals surface area contributed by atoms with Gasteiger partial charge in [0.25, 0.3) is 20.2 Å². The topological polar surface area (TPSA) is 124 Å². The van der Waals surface area contributed by atoms with Crippen molar-refractivity contribution in [3.63, 3.8) is 0 Å². The molecule has 0 radical (unpaired) electrons. The third-order valence-electron chi connectivity index (χ3n) is 4.65. The summed E-state index contributed by atoms with van der Waals surface area (Å²) < 4.78 is 59.1. The van der Waals surface area contributed by atoms with E-state index >= 15 is 0 Å². The summed E-state index contributed by atoms with van der Waals surface area (Å²) in [4.78, 5) is 2.24. The molecule has 0 atom stereocenters. The van der Waals surface area contributed by atoms with Crippen LogP contribution in [0.3, 0.4) is 0 Å². The van der Waals surface area contributed by atoms with Gasteiger partial charge in [0.05, 0.1) is 9.79 Å². The van der Waals surface area contributed by atoms with Crippen LogP contribution in [0.4, 0.5) is 0 Å². The molecule has 2 aromatic carbocycles. The van der Waals surface area contributed by atoms with Gasteiger partial charge in [0.15, 0.2) is 0 Å². The van der Waals surface area contributed by atoms with Crippen molar-refractivity contribution < 1.29 is 25.9 Å². The van der Waals surface area contributed by atoms with Gasteiger partial charge >= 0.3 is 0 Å². The summed E-state index contributed by atoms with van der Waals surface area (Å²) in [5.41, 5.74) is 1.91. The summed E-state index contributed by atoms with van der Waals surface area (Å²) in [6.07, 6.45) is 0. The smallest absolute Gasteiger partial charge is 0.294 e. The quantitative estimate of drug-likeness (QED) is 0.404. The van der Waals surface area contributed by atoms with E-state index in [0.717, 1.165) is 11.1 Å². The van der Waals surface area contributed by atoms with Crippen LogP contribution in [0.1, 0.15) is 59.6 Å². The van der Waals surface area contributed by atoms with Crippen LogP contribution in [-0.4, -0.2) is 62.6 Å². The Morgan fingerprint density at radius 2 is 0.889 bits per heavy atom. The summed E-state index contributed by atoms with van der Waals surface area (Å²) in [5.74, 6) is 0. The van der Waals surface area contributed by atoms with Crippen molar-refractivity contribution in [1.82, 2.24) is 10.2 Å². The molecule has 10 heteroatoms. The number of aryl methyl sites for hydroxylation is 2. The van der Waals surface area contributed by atoms with Crippen molar-refractivity contribution in [3.8, 4) is 0 Å². The Labute approximate surface area is 219 Å². The number of hydrogen-bond donors (Lipinski definition) is 3. The SMILES string of the molecule is CC(C)NC(C)C.CCN(CC)CC.Cc1ccc(S(=O)(=O)O)cc1.Cc1ccc(S(=O)(=O)O)cc1. The number of benzene rings is 2. The molecule has 0 amide bonds. The second-order valence-corrected chi connectivity index (χ2v) is 11.5. The molecular formula is C26H46N2O6S2. The van der Waals surface area contributed by atoms with E-state index in [9.17, 15) is 16.8 Å². The van der Waals surface area contributed by atoms with Gasteiger partial charge in [-0.05, 0) is 57.7 Å². The van der Waals surface area contributed by atoms with Crippen LogP contribution in [0.25, 0.3) is 0 Å². The molecule has 0 aliphatic carbocycles. The van der Waals surface area contributed by atoms with E-state index < -0.39 is 20.2 Å². The van der Waals surface area contributed by atoms with Gasteiger partial charge in [-0.2, -0.15) is 16.8 Å². The van der Waals surface area contributed by atoms with E-state index in [-0.39, 0.29) is 9.79 Å². The lowest BCUT2D eigenvalue weighted by Crippen LogP contribution is -2.29. The molecular weight excluding hydrogens is 500 g/mol. The Bertz CT molecular complexity index is 946. The van der Waals surface area contributed by atoms with Crippen molar-refractivity contribution in [1.29, 1.82) is 0 Å². The Kier molecular flexibility index (Phi) is 18.6. The molecule has 0 spiro atoms. The number of nitrogens with zero attached hydrogens (tertiary/aromatic N) is 1. The lowest BCUT2D eigenvalue weighted by atomic mass is 10.2. The normalized spacial score (nSPS) is 11.2. The molecule has 2 aromatic rings.